The fraction of sp³-hybridized carbons (Fsp3) is 0.696. The summed E-state index contributed by atoms with van der Waals surface area (Å²) >= 11 is 0.358. The van der Waals surface area contributed by atoms with E-state index in [1.165, 1.54) is 18.2 Å². The topological polar surface area (TPSA) is 71.4 Å². The second kappa shape index (κ2) is 6.34. The summed E-state index contributed by atoms with van der Waals surface area (Å²) in [7, 11) is 0. The minimum Gasteiger partial charge on any atom is -0.380 e. The van der Waals surface area contributed by atoms with Crippen molar-refractivity contribution in [1.82, 2.24) is 0 Å². The number of halogens is 3. The highest BCUT2D eigenvalue weighted by atomic mass is 32.2. The van der Waals surface area contributed by atoms with Crippen LogP contribution < -0.4 is 0 Å². The highest BCUT2D eigenvalue weighted by molar-refractivity contribution is 8.13. The number of hydrogen-bond donors (Lipinski definition) is 1. The van der Waals surface area contributed by atoms with Crippen molar-refractivity contribution < 1.29 is 32.7 Å². The lowest BCUT2D eigenvalue weighted by molar-refractivity contribution is -0.194. The Hall–Kier alpha value is -1.41. The molecule has 0 aromatic rings. The summed E-state index contributed by atoms with van der Waals surface area (Å²) in [6, 6.07) is -1.01. The number of fused-ring (bicyclic) bond motifs is 2. The molecule has 0 aromatic carbocycles. The van der Waals surface area contributed by atoms with E-state index in [-0.39, 0.29) is 31.3 Å². The zero-order valence-electron chi connectivity index (χ0n) is 17.4. The number of rotatable bonds is 2. The van der Waals surface area contributed by atoms with Gasteiger partial charge in [-0.2, -0.15) is 0 Å². The van der Waals surface area contributed by atoms with Gasteiger partial charge in [0, 0.05) is 23.2 Å². The van der Waals surface area contributed by atoms with Crippen molar-refractivity contribution in [3.8, 4) is 0 Å². The molecule has 0 aromatic heterocycles. The molecule has 5 rings (SSSR count). The van der Waals surface area contributed by atoms with Gasteiger partial charge in [0.1, 0.15) is 29.2 Å². The Morgan fingerprint density at radius 2 is 2.00 bits per heavy atom. The first-order chi connectivity index (χ1) is 14.5. The van der Waals surface area contributed by atoms with Gasteiger partial charge in [0.05, 0.1) is 5.92 Å². The van der Waals surface area contributed by atoms with Gasteiger partial charge in [0.2, 0.25) is 5.12 Å². The van der Waals surface area contributed by atoms with Gasteiger partial charge in [0.25, 0.3) is 0 Å². The molecule has 168 valence electrons. The van der Waals surface area contributed by atoms with E-state index in [2.05, 4.69) is 0 Å². The molecule has 0 heterocycles. The molecule has 0 bridgehead atoms. The van der Waals surface area contributed by atoms with Gasteiger partial charge in [-0.1, -0.05) is 31.7 Å². The monoisotopic (exact) mass is 454 g/mol. The number of alkyl halides is 3. The van der Waals surface area contributed by atoms with Crippen LogP contribution in [-0.4, -0.2) is 45.2 Å². The number of carbonyl (C=O) groups is 3. The van der Waals surface area contributed by atoms with Gasteiger partial charge in [-0.15, -0.1) is 0 Å². The van der Waals surface area contributed by atoms with Crippen molar-refractivity contribution in [3.63, 3.8) is 0 Å². The van der Waals surface area contributed by atoms with Crippen molar-refractivity contribution in [2.45, 2.75) is 57.0 Å². The average Bonchev–Trinajstić information content (AvgIpc) is 2.87. The van der Waals surface area contributed by atoms with Crippen molar-refractivity contribution in [2.24, 2.45) is 34.5 Å². The summed E-state index contributed by atoms with van der Waals surface area (Å²) in [5.41, 5.74) is -6.62. The summed E-state index contributed by atoms with van der Waals surface area (Å²) in [6.07, 6.45) is 2.22. The molecule has 0 aliphatic heterocycles. The fourth-order valence-electron chi connectivity index (χ4n) is 7.89. The molecule has 31 heavy (non-hydrogen) atoms. The minimum atomic E-state index is -2.07. The first kappa shape index (κ1) is 21.4. The van der Waals surface area contributed by atoms with Crippen LogP contribution in [0.5, 0.6) is 0 Å². The van der Waals surface area contributed by atoms with Crippen LogP contribution in [0.3, 0.4) is 0 Å². The predicted molar refractivity (Wildman–Crippen MR) is 108 cm³/mol. The van der Waals surface area contributed by atoms with Crippen LogP contribution in [0.4, 0.5) is 13.2 Å². The summed E-state index contributed by atoms with van der Waals surface area (Å²) in [6.45, 7) is 3.26. The highest BCUT2D eigenvalue weighted by Gasteiger charge is 2.81. The quantitative estimate of drug-likeness (QED) is 0.689. The summed E-state index contributed by atoms with van der Waals surface area (Å²) in [5, 5.41) is 10.8. The lowest BCUT2D eigenvalue weighted by Gasteiger charge is -2.66. The molecule has 5 aliphatic rings. The maximum absolute atomic E-state index is 17.1. The molecule has 1 spiro atoms. The SMILES string of the molecule is C[C@@H]1CC2C3C[C@H](F)C4=CC(=O)C=C[C@@]45CC(C(=O)C[C@]2(C)[C@@]1(O)C(=O)SCF)[C@@]35F. The molecule has 0 radical (unpaired) electrons. The largest absolute Gasteiger partial charge is 0.380 e. The normalized spacial score (nSPS) is 52.5. The van der Waals surface area contributed by atoms with Crippen molar-refractivity contribution in [3.05, 3.63) is 23.8 Å². The minimum absolute atomic E-state index is 0.0822. The molecule has 4 saturated carbocycles. The van der Waals surface area contributed by atoms with E-state index < -0.39 is 74.6 Å². The lowest BCUT2D eigenvalue weighted by atomic mass is 9.39. The number of aliphatic hydroxyl groups is 1. The van der Waals surface area contributed by atoms with E-state index in [0.717, 1.165) is 0 Å². The number of ketones is 2. The van der Waals surface area contributed by atoms with Gasteiger partial charge >= 0.3 is 0 Å². The van der Waals surface area contributed by atoms with Gasteiger partial charge in [-0.3, -0.25) is 14.4 Å². The first-order valence-corrected chi connectivity index (χ1v) is 11.7. The third-order valence-electron chi connectivity index (χ3n) is 9.32. The predicted octanol–water partition coefficient (Wildman–Crippen LogP) is 3.68. The number of hydrogen-bond acceptors (Lipinski definition) is 5. The Morgan fingerprint density at radius 1 is 1.29 bits per heavy atom. The Bertz CT molecular complexity index is 964. The average molecular weight is 455 g/mol. The van der Waals surface area contributed by atoms with Crippen molar-refractivity contribution in [2.75, 3.05) is 6.01 Å². The molecule has 8 heteroatoms. The van der Waals surface area contributed by atoms with Crippen LogP contribution in [0.2, 0.25) is 0 Å². The Balaban J connectivity index is 1.67. The zero-order chi connectivity index (χ0) is 22.6. The van der Waals surface area contributed by atoms with E-state index in [1.54, 1.807) is 13.8 Å². The van der Waals surface area contributed by atoms with Crippen LogP contribution in [-0.2, 0) is 14.4 Å². The third kappa shape index (κ3) is 2.21. The maximum atomic E-state index is 17.1. The van der Waals surface area contributed by atoms with E-state index in [1.807, 2.05) is 0 Å². The van der Waals surface area contributed by atoms with Gasteiger partial charge in [-0.25, -0.2) is 13.2 Å². The number of carbonyl (C=O) groups excluding carboxylic acids is 3. The molecule has 3 unspecified atom stereocenters. The number of allylic oxidation sites excluding steroid dienone is 4. The second-order valence-electron chi connectivity index (χ2n) is 10.3. The number of thioether (sulfide) groups is 1. The summed E-state index contributed by atoms with van der Waals surface area (Å²) < 4.78 is 45.5. The molecular formula is C23H25F3O4S. The molecule has 4 fully saturated rings. The molecule has 1 N–H and O–H groups in total. The smallest absolute Gasteiger partial charge is 0.223 e. The lowest BCUT2D eigenvalue weighted by Crippen LogP contribution is -2.71. The van der Waals surface area contributed by atoms with Crippen LogP contribution in [0, 0.1) is 34.5 Å². The molecule has 0 saturated heterocycles. The van der Waals surface area contributed by atoms with Crippen LogP contribution in [0.15, 0.2) is 23.8 Å². The Morgan fingerprint density at radius 3 is 2.68 bits per heavy atom. The van der Waals surface area contributed by atoms with Crippen LogP contribution in [0.25, 0.3) is 0 Å². The van der Waals surface area contributed by atoms with Gasteiger partial charge < -0.3 is 5.11 Å². The van der Waals surface area contributed by atoms with Crippen molar-refractivity contribution in [1.29, 1.82) is 0 Å². The number of Topliss-reactive ketones (excluding diaryl/α,β-unsaturated/α-hetero) is 1. The van der Waals surface area contributed by atoms with E-state index >= 15 is 8.78 Å². The molecule has 5 aliphatic carbocycles. The van der Waals surface area contributed by atoms with Gasteiger partial charge in [0.15, 0.2) is 5.78 Å². The zero-order valence-corrected chi connectivity index (χ0v) is 18.2. The molecular weight excluding hydrogens is 429 g/mol. The van der Waals surface area contributed by atoms with Crippen molar-refractivity contribution >= 4 is 28.4 Å². The van der Waals surface area contributed by atoms with E-state index in [4.69, 9.17) is 0 Å². The second-order valence-corrected chi connectivity index (χ2v) is 11.1. The van der Waals surface area contributed by atoms with Crippen LogP contribution in [0.1, 0.15) is 39.5 Å². The Kier molecular flexibility index (Phi) is 4.38. The summed E-state index contributed by atoms with van der Waals surface area (Å²) in [4.78, 5) is 38.1. The summed E-state index contributed by atoms with van der Waals surface area (Å²) in [5.74, 6) is -3.91. The standard InChI is InChI=1S/C23H25F3O4S/c1-11-5-13-14-7-17(25)15-6-12(27)3-4-21(15)8-16(22(14,21)26)18(28)9-20(13,2)23(11,30)19(29)31-10-24/h3-4,6,11,13-14,16-17,30H,5,7-10H2,1-2H3/t11-,13?,14?,16?,17+,20+,21-,22+,23+/m1/s1. The molecule has 0 amide bonds. The Labute approximate surface area is 182 Å². The third-order valence-corrected chi connectivity index (χ3v) is 10.0. The maximum Gasteiger partial charge on any atom is 0.223 e. The first-order valence-electron chi connectivity index (χ1n) is 10.7. The van der Waals surface area contributed by atoms with E-state index in [9.17, 15) is 23.9 Å². The van der Waals surface area contributed by atoms with E-state index in [0.29, 0.717) is 11.8 Å². The van der Waals surface area contributed by atoms with Crippen LogP contribution >= 0.6 is 11.8 Å². The molecule has 9 atom stereocenters. The molecule has 4 nitrogen and oxygen atoms in total. The van der Waals surface area contributed by atoms with Gasteiger partial charge in [-0.05, 0) is 48.8 Å². The fourth-order valence-corrected chi connectivity index (χ4v) is 8.64. The highest BCUT2D eigenvalue weighted by Crippen LogP contribution is 2.76.